The molecule has 0 aliphatic carbocycles. The highest BCUT2D eigenvalue weighted by Gasteiger charge is 2.14. The van der Waals surface area contributed by atoms with Crippen LogP contribution in [0.4, 0.5) is 0 Å². The molecule has 19 heavy (non-hydrogen) atoms. The number of aryl methyl sites for hydroxylation is 1. The first kappa shape index (κ1) is 14.4. The zero-order chi connectivity index (χ0) is 13.5. The number of carbonyl (C=O) groups excluding carboxylic acids is 1. The Morgan fingerprint density at radius 3 is 3.00 bits per heavy atom. The van der Waals surface area contributed by atoms with Crippen LogP contribution in [0.25, 0.3) is 0 Å². The van der Waals surface area contributed by atoms with Crippen molar-refractivity contribution in [2.75, 3.05) is 31.9 Å². The fourth-order valence-electron chi connectivity index (χ4n) is 2.21. The summed E-state index contributed by atoms with van der Waals surface area (Å²) in [5, 5.41) is 3.32. The summed E-state index contributed by atoms with van der Waals surface area (Å²) in [7, 11) is 0. The van der Waals surface area contributed by atoms with Crippen LogP contribution >= 0.6 is 11.8 Å². The van der Waals surface area contributed by atoms with Gasteiger partial charge in [-0.15, -0.1) is 11.8 Å². The average Bonchev–Trinajstić information content (AvgIpc) is 2.70. The maximum atomic E-state index is 12.1. The molecule has 1 amide bonds. The molecule has 2 rings (SSSR count). The summed E-state index contributed by atoms with van der Waals surface area (Å²) in [6, 6.07) is 8.38. The van der Waals surface area contributed by atoms with Gasteiger partial charge < -0.3 is 10.2 Å². The molecule has 0 aromatic heterocycles. The highest BCUT2D eigenvalue weighted by Crippen LogP contribution is 2.16. The SMILES string of the molecule is Cc1ccccc1CSCC(=O)N1CCCNCC1. The Labute approximate surface area is 119 Å². The molecule has 3 nitrogen and oxygen atoms in total. The summed E-state index contributed by atoms with van der Waals surface area (Å²) in [4.78, 5) is 14.1. The molecule has 4 heteroatoms. The standard InChI is InChI=1S/C15H22N2OS/c1-13-5-2-3-6-14(13)11-19-12-15(18)17-9-4-7-16-8-10-17/h2-3,5-6,16H,4,7-12H2,1H3. The normalized spacial score (nSPS) is 16.2. The Morgan fingerprint density at radius 1 is 1.32 bits per heavy atom. The molecule has 1 aliphatic heterocycles. The first-order valence-electron chi connectivity index (χ1n) is 6.88. The largest absolute Gasteiger partial charge is 0.341 e. The third kappa shape index (κ3) is 4.55. The Hall–Kier alpha value is -1.00. The second-order valence-electron chi connectivity index (χ2n) is 4.90. The molecule has 0 unspecified atom stereocenters. The number of hydrogen-bond donors (Lipinski definition) is 1. The van der Waals surface area contributed by atoms with Gasteiger partial charge in [-0.25, -0.2) is 0 Å². The van der Waals surface area contributed by atoms with Gasteiger partial charge in [-0.2, -0.15) is 0 Å². The zero-order valence-corrected chi connectivity index (χ0v) is 12.3. The monoisotopic (exact) mass is 278 g/mol. The minimum atomic E-state index is 0.280. The van der Waals surface area contributed by atoms with Gasteiger partial charge in [-0.1, -0.05) is 24.3 Å². The maximum absolute atomic E-state index is 12.1. The van der Waals surface area contributed by atoms with Crippen molar-refractivity contribution in [2.45, 2.75) is 19.1 Å². The lowest BCUT2D eigenvalue weighted by Gasteiger charge is -2.19. The summed E-state index contributed by atoms with van der Waals surface area (Å²) in [5.74, 6) is 1.79. The van der Waals surface area contributed by atoms with Crippen molar-refractivity contribution in [1.29, 1.82) is 0 Å². The van der Waals surface area contributed by atoms with Gasteiger partial charge >= 0.3 is 0 Å². The van der Waals surface area contributed by atoms with E-state index in [0.29, 0.717) is 5.75 Å². The number of carbonyl (C=O) groups is 1. The van der Waals surface area contributed by atoms with Crippen LogP contribution in [0.2, 0.25) is 0 Å². The van der Waals surface area contributed by atoms with E-state index in [0.717, 1.165) is 38.4 Å². The van der Waals surface area contributed by atoms with Gasteiger partial charge in [0.25, 0.3) is 0 Å². The summed E-state index contributed by atoms with van der Waals surface area (Å²) in [6.45, 7) is 5.83. The number of nitrogens with one attached hydrogen (secondary N) is 1. The summed E-state index contributed by atoms with van der Waals surface area (Å²) in [5.41, 5.74) is 2.64. The van der Waals surface area contributed by atoms with Gasteiger partial charge in [0.2, 0.25) is 5.91 Å². The van der Waals surface area contributed by atoms with Crippen LogP contribution in [0, 0.1) is 6.92 Å². The van der Waals surface area contributed by atoms with E-state index in [4.69, 9.17) is 0 Å². The summed E-state index contributed by atoms with van der Waals surface area (Å²) in [6.07, 6.45) is 1.06. The number of benzene rings is 1. The molecule has 1 saturated heterocycles. The lowest BCUT2D eigenvalue weighted by Crippen LogP contribution is -2.35. The fraction of sp³-hybridized carbons (Fsp3) is 0.533. The van der Waals surface area contributed by atoms with Crippen LogP contribution < -0.4 is 5.32 Å². The molecule has 1 aromatic rings. The van der Waals surface area contributed by atoms with E-state index >= 15 is 0 Å². The highest BCUT2D eigenvalue weighted by molar-refractivity contribution is 7.99. The maximum Gasteiger partial charge on any atom is 0.232 e. The molecule has 0 radical (unpaired) electrons. The molecule has 1 aliphatic rings. The molecule has 0 spiro atoms. The predicted octanol–water partition coefficient (Wildman–Crippen LogP) is 2.05. The first-order chi connectivity index (χ1) is 9.27. The minimum absolute atomic E-state index is 0.280. The second kappa shape index (κ2) is 7.56. The lowest BCUT2D eigenvalue weighted by molar-refractivity contribution is -0.128. The van der Waals surface area contributed by atoms with Crippen molar-refractivity contribution < 1.29 is 4.79 Å². The van der Waals surface area contributed by atoms with Gasteiger partial charge in [0.1, 0.15) is 0 Å². The fourth-order valence-corrected chi connectivity index (χ4v) is 3.21. The van der Waals surface area contributed by atoms with E-state index in [-0.39, 0.29) is 5.91 Å². The number of nitrogens with zero attached hydrogens (tertiary/aromatic N) is 1. The van der Waals surface area contributed by atoms with Gasteiger partial charge in [-0.05, 0) is 31.0 Å². The smallest absolute Gasteiger partial charge is 0.232 e. The van der Waals surface area contributed by atoms with Gasteiger partial charge in [0.05, 0.1) is 5.75 Å². The van der Waals surface area contributed by atoms with Crippen LogP contribution in [0.1, 0.15) is 17.5 Å². The first-order valence-corrected chi connectivity index (χ1v) is 8.03. The molecule has 0 bridgehead atoms. The summed E-state index contributed by atoms with van der Waals surface area (Å²) >= 11 is 1.72. The number of amides is 1. The van der Waals surface area contributed by atoms with E-state index in [2.05, 4.69) is 36.5 Å². The zero-order valence-electron chi connectivity index (χ0n) is 11.5. The number of rotatable bonds is 4. The molecule has 1 fully saturated rings. The Kier molecular flexibility index (Phi) is 5.73. The minimum Gasteiger partial charge on any atom is -0.341 e. The van der Waals surface area contributed by atoms with Crippen molar-refractivity contribution in [3.63, 3.8) is 0 Å². The second-order valence-corrected chi connectivity index (χ2v) is 5.89. The molecular formula is C15H22N2OS. The number of thioether (sulfide) groups is 1. The molecule has 0 saturated carbocycles. The van der Waals surface area contributed by atoms with Crippen LogP contribution in [-0.4, -0.2) is 42.7 Å². The van der Waals surface area contributed by atoms with Crippen LogP contribution in [0.15, 0.2) is 24.3 Å². The molecule has 1 N–H and O–H groups in total. The van der Waals surface area contributed by atoms with Crippen molar-refractivity contribution in [1.82, 2.24) is 10.2 Å². The molecule has 104 valence electrons. The predicted molar refractivity (Wildman–Crippen MR) is 81.4 cm³/mol. The van der Waals surface area contributed by atoms with E-state index in [1.807, 2.05) is 4.90 Å². The van der Waals surface area contributed by atoms with E-state index < -0.39 is 0 Å². The molecular weight excluding hydrogens is 256 g/mol. The van der Waals surface area contributed by atoms with Crippen molar-refractivity contribution >= 4 is 17.7 Å². The van der Waals surface area contributed by atoms with Gasteiger partial charge in [0.15, 0.2) is 0 Å². The topological polar surface area (TPSA) is 32.3 Å². The van der Waals surface area contributed by atoms with Gasteiger partial charge in [0, 0.05) is 25.4 Å². The van der Waals surface area contributed by atoms with Crippen molar-refractivity contribution in [3.8, 4) is 0 Å². The molecule has 0 atom stereocenters. The van der Waals surface area contributed by atoms with E-state index in [1.165, 1.54) is 11.1 Å². The van der Waals surface area contributed by atoms with Crippen LogP contribution in [0.5, 0.6) is 0 Å². The average molecular weight is 278 g/mol. The van der Waals surface area contributed by atoms with Crippen LogP contribution in [-0.2, 0) is 10.5 Å². The van der Waals surface area contributed by atoms with Crippen molar-refractivity contribution in [2.24, 2.45) is 0 Å². The van der Waals surface area contributed by atoms with E-state index in [9.17, 15) is 4.79 Å². The molecule has 1 aromatic carbocycles. The molecule has 1 heterocycles. The van der Waals surface area contributed by atoms with E-state index in [1.54, 1.807) is 11.8 Å². The highest BCUT2D eigenvalue weighted by atomic mass is 32.2. The third-order valence-electron chi connectivity index (χ3n) is 3.44. The Bertz CT molecular complexity index is 414. The quantitative estimate of drug-likeness (QED) is 0.915. The van der Waals surface area contributed by atoms with Crippen LogP contribution in [0.3, 0.4) is 0 Å². The van der Waals surface area contributed by atoms with Gasteiger partial charge in [-0.3, -0.25) is 4.79 Å². The Morgan fingerprint density at radius 2 is 2.16 bits per heavy atom. The van der Waals surface area contributed by atoms with Crippen molar-refractivity contribution in [3.05, 3.63) is 35.4 Å². The summed E-state index contributed by atoms with van der Waals surface area (Å²) < 4.78 is 0. The number of hydrogen-bond acceptors (Lipinski definition) is 3. The lowest BCUT2D eigenvalue weighted by atomic mass is 10.1. The Balaban J connectivity index is 1.76. The third-order valence-corrected chi connectivity index (χ3v) is 4.40.